The van der Waals surface area contributed by atoms with Crippen molar-refractivity contribution in [2.75, 3.05) is 13.1 Å². The van der Waals surface area contributed by atoms with E-state index in [1.807, 2.05) is 24.3 Å². The van der Waals surface area contributed by atoms with Crippen molar-refractivity contribution in [3.63, 3.8) is 0 Å². The van der Waals surface area contributed by atoms with Gasteiger partial charge in [-0.05, 0) is 24.1 Å². The summed E-state index contributed by atoms with van der Waals surface area (Å²) in [6.45, 7) is 6.94. The number of nitrogens with zero attached hydrogens (tertiary/aromatic N) is 1. The van der Waals surface area contributed by atoms with Gasteiger partial charge in [-0.3, -0.25) is 4.79 Å². The van der Waals surface area contributed by atoms with Crippen LogP contribution in [-0.4, -0.2) is 19.0 Å². The second kappa shape index (κ2) is 6.05. The highest BCUT2D eigenvalue weighted by Crippen LogP contribution is 2.10. The molecule has 3 nitrogen and oxygen atoms in total. The Labute approximate surface area is 93.9 Å². The van der Waals surface area contributed by atoms with Crippen LogP contribution in [0.5, 0.6) is 0 Å². The Hall–Kier alpha value is -1.53. The summed E-state index contributed by atoms with van der Waals surface area (Å²) in [6, 6.07) is 7.50. The van der Waals surface area contributed by atoms with Gasteiger partial charge in [0.05, 0.1) is 0 Å². The van der Waals surface area contributed by atoms with Gasteiger partial charge in [-0.15, -0.1) is 0 Å². The Morgan fingerprint density at radius 1 is 1.53 bits per heavy atom. The van der Waals surface area contributed by atoms with Crippen molar-refractivity contribution in [3.8, 4) is 0 Å². The van der Waals surface area contributed by atoms with Crippen molar-refractivity contribution in [3.05, 3.63) is 46.3 Å². The van der Waals surface area contributed by atoms with Gasteiger partial charge in [0.25, 0.3) is 12.5 Å². The third kappa shape index (κ3) is 4.48. The Morgan fingerprint density at radius 2 is 2.33 bits per heavy atom. The molecule has 0 atom stereocenters. The standard InChI is InChI=1S/C11H11ClN2O/c1-13-8-11(15)14-6-5-9-3-2-4-10(12)7-9/h2-4,7H,5-6,8H2,(H,14,15). The average molecular weight is 223 g/mol. The number of hydrogen-bond donors (Lipinski definition) is 1. The van der Waals surface area contributed by atoms with E-state index in [1.54, 1.807) is 0 Å². The molecule has 0 saturated heterocycles. The summed E-state index contributed by atoms with van der Waals surface area (Å²) >= 11 is 5.81. The van der Waals surface area contributed by atoms with Crippen molar-refractivity contribution < 1.29 is 4.79 Å². The van der Waals surface area contributed by atoms with Gasteiger partial charge in [-0.25, -0.2) is 6.57 Å². The summed E-state index contributed by atoms with van der Waals surface area (Å²) in [4.78, 5) is 13.9. The Morgan fingerprint density at radius 3 is 3.00 bits per heavy atom. The van der Waals surface area contributed by atoms with Crippen LogP contribution in [-0.2, 0) is 11.2 Å². The maximum Gasteiger partial charge on any atom is 0.300 e. The van der Waals surface area contributed by atoms with Crippen LogP contribution < -0.4 is 5.32 Å². The normalized spacial score (nSPS) is 9.33. The van der Waals surface area contributed by atoms with Gasteiger partial charge in [-0.2, -0.15) is 0 Å². The molecule has 1 amide bonds. The van der Waals surface area contributed by atoms with Gasteiger partial charge >= 0.3 is 0 Å². The zero-order valence-electron chi connectivity index (χ0n) is 8.16. The summed E-state index contributed by atoms with van der Waals surface area (Å²) in [5.41, 5.74) is 1.07. The van der Waals surface area contributed by atoms with Crippen molar-refractivity contribution in [1.82, 2.24) is 5.32 Å². The molecule has 0 heterocycles. The summed E-state index contributed by atoms with van der Waals surface area (Å²) in [7, 11) is 0. The number of halogens is 1. The van der Waals surface area contributed by atoms with Crippen molar-refractivity contribution in [2.45, 2.75) is 6.42 Å². The lowest BCUT2D eigenvalue weighted by Crippen LogP contribution is -2.27. The average Bonchev–Trinajstić information content (AvgIpc) is 2.18. The fourth-order valence-electron chi connectivity index (χ4n) is 1.17. The highest BCUT2D eigenvalue weighted by Gasteiger charge is 2.02. The van der Waals surface area contributed by atoms with Gasteiger partial charge in [-0.1, -0.05) is 23.7 Å². The molecule has 0 bridgehead atoms. The first kappa shape index (κ1) is 11.5. The maximum absolute atomic E-state index is 10.9. The molecule has 1 rings (SSSR count). The second-order valence-electron chi connectivity index (χ2n) is 3.05. The lowest BCUT2D eigenvalue weighted by Gasteiger charge is -2.02. The van der Waals surface area contributed by atoms with Gasteiger partial charge in [0.2, 0.25) is 0 Å². The van der Waals surface area contributed by atoms with Crippen LogP contribution in [0.2, 0.25) is 5.02 Å². The molecule has 4 heteroatoms. The molecule has 15 heavy (non-hydrogen) atoms. The van der Waals surface area contributed by atoms with Crippen LogP contribution in [0.25, 0.3) is 4.85 Å². The number of hydrogen-bond acceptors (Lipinski definition) is 1. The molecule has 1 N–H and O–H groups in total. The van der Waals surface area contributed by atoms with Crippen molar-refractivity contribution in [2.24, 2.45) is 0 Å². The molecule has 0 spiro atoms. The van der Waals surface area contributed by atoms with Crippen LogP contribution >= 0.6 is 11.6 Å². The lowest BCUT2D eigenvalue weighted by atomic mass is 10.1. The molecule has 1 aromatic rings. The molecule has 78 valence electrons. The van der Waals surface area contributed by atoms with Gasteiger partial charge < -0.3 is 10.2 Å². The monoisotopic (exact) mass is 222 g/mol. The van der Waals surface area contributed by atoms with E-state index in [1.165, 1.54) is 0 Å². The number of amides is 1. The molecule has 0 fully saturated rings. The molecule has 0 aromatic heterocycles. The van der Waals surface area contributed by atoms with E-state index in [0.717, 1.165) is 12.0 Å². The zero-order chi connectivity index (χ0) is 11.1. The first-order valence-corrected chi connectivity index (χ1v) is 4.94. The molecule has 0 aliphatic carbocycles. The van der Waals surface area contributed by atoms with Crippen LogP contribution in [0, 0.1) is 6.57 Å². The lowest BCUT2D eigenvalue weighted by molar-refractivity contribution is -0.119. The van der Waals surface area contributed by atoms with Crippen LogP contribution in [0.15, 0.2) is 24.3 Å². The van der Waals surface area contributed by atoms with Crippen LogP contribution in [0.1, 0.15) is 5.56 Å². The van der Waals surface area contributed by atoms with Gasteiger partial charge in [0, 0.05) is 11.6 Å². The minimum atomic E-state index is -0.230. The summed E-state index contributed by atoms with van der Waals surface area (Å²) in [6.07, 6.45) is 0.726. The second-order valence-corrected chi connectivity index (χ2v) is 3.48. The Kier molecular flexibility index (Phi) is 4.65. The third-order valence-corrected chi connectivity index (χ3v) is 2.08. The smallest absolute Gasteiger partial charge is 0.300 e. The number of benzene rings is 1. The van der Waals surface area contributed by atoms with Gasteiger partial charge in [0.1, 0.15) is 0 Å². The fourth-order valence-corrected chi connectivity index (χ4v) is 1.38. The van der Waals surface area contributed by atoms with Gasteiger partial charge in [0.15, 0.2) is 0 Å². The quantitative estimate of drug-likeness (QED) is 0.776. The predicted octanol–water partition coefficient (Wildman–Crippen LogP) is 1.92. The SMILES string of the molecule is [C-]#[N+]CC(=O)NCCc1cccc(Cl)c1. The Bertz CT molecular complexity index is 384. The van der Waals surface area contributed by atoms with E-state index in [-0.39, 0.29) is 12.5 Å². The zero-order valence-corrected chi connectivity index (χ0v) is 8.92. The minimum Gasteiger partial charge on any atom is -0.349 e. The molecule has 0 saturated carbocycles. The molecular formula is C11H11ClN2O. The molecule has 0 unspecified atom stereocenters. The Balaban J connectivity index is 2.32. The highest BCUT2D eigenvalue weighted by atomic mass is 35.5. The maximum atomic E-state index is 10.9. The predicted molar refractivity (Wildman–Crippen MR) is 59.6 cm³/mol. The van der Waals surface area contributed by atoms with E-state index >= 15 is 0 Å². The van der Waals surface area contributed by atoms with E-state index in [4.69, 9.17) is 18.2 Å². The summed E-state index contributed by atoms with van der Waals surface area (Å²) in [5.74, 6) is -0.230. The largest absolute Gasteiger partial charge is 0.349 e. The molecule has 1 aromatic carbocycles. The summed E-state index contributed by atoms with van der Waals surface area (Å²) < 4.78 is 0. The number of rotatable bonds is 4. The van der Waals surface area contributed by atoms with E-state index in [0.29, 0.717) is 11.6 Å². The molecule has 0 aliphatic rings. The number of carbonyl (C=O) groups is 1. The molecule has 0 aliphatic heterocycles. The topological polar surface area (TPSA) is 33.5 Å². The van der Waals surface area contributed by atoms with E-state index < -0.39 is 0 Å². The fraction of sp³-hybridized carbons (Fsp3) is 0.273. The molecule has 0 radical (unpaired) electrons. The van der Waals surface area contributed by atoms with Crippen molar-refractivity contribution >= 4 is 17.5 Å². The van der Waals surface area contributed by atoms with Crippen LogP contribution in [0.3, 0.4) is 0 Å². The molecular weight excluding hydrogens is 212 g/mol. The third-order valence-electron chi connectivity index (χ3n) is 1.85. The number of nitrogens with one attached hydrogen (secondary N) is 1. The van der Waals surface area contributed by atoms with E-state index in [9.17, 15) is 4.79 Å². The van der Waals surface area contributed by atoms with Crippen molar-refractivity contribution in [1.29, 1.82) is 0 Å². The summed E-state index contributed by atoms with van der Waals surface area (Å²) in [5, 5.41) is 3.35. The van der Waals surface area contributed by atoms with E-state index in [2.05, 4.69) is 10.2 Å². The van der Waals surface area contributed by atoms with Crippen LogP contribution in [0.4, 0.5) is 0 Å². The minimum absolute atomic E-state index is 0.102. The first-order valence-electron chi connectivity index (χ1n) is 4.56. The number of carbonyl (C=O) groups excluding carboxylic acids is 1. The highest BCUT2D eigenvalue weighted by molar-refractivity contribution is 6.30. The first-order chi connectivity index (χ1) is 7.22.